The van der Waals surface area contributed by atoms with E-state index in [0.29, 0.717) is 17.4 Å². The van der Waals surface area contributed by atoms with Gasteiger partial charge in [-0.05, 0) is 12.3 Å². The van der Waals surface area contributed by atoms with E-state index in [0.717, 1.165) is 17.3 Å². The van der Waals surface area contributed by atoms with Gasteiger partial charge in [-0.3, -0.25) is 0 Å². The number of aromatic amines is 1. The summed E-state index contributed by atoms with van der Waals surface area (Å²) < 4.78 is 0. The van der Waals surface area contributed by atoms with Gasteiger partial charge >= 0.3 is 0 Å². The van der Waals surface area contributed by atoms with E-state index in [1.54, 1.807) is 0 Å². The quantitative estimate of drug-likeness (QED) is 0.702. The molecular weight excluding hydrogens is 178 g/mol. The van der Waals surface area contributed by atoms with E-state index in [4.69, 9.17) is 5.73 Å². The van der Waals surface area contributed by atoms with Crippen molar-refractivity contribution in [3.63, 3.8) is 0 Å². The van der Waals surface area contributed by atoms with Crippen LogP contribution in [-0.4, -0.2) is 19.9 Å². The number of hydrogen-bond acceptors (Lipinski definition) is 4. The molecule has 2 unspecified atom stereocenters. The monoisotopic (exact) mass is 189 g/mol. The van der Waals surface area contributed by atoms with Gasteiger partial charge in [0.05, 0.1) is 0 Å². The zero-order chi connectivity index (χ0) is 9.71. The maximum absolute atomic E-state index is 5.70. The van der Waals surface area contributed by atoms with E-state index in [2.05, 4.69) is 26.9 Å². The summed E-state index contributed by atoms with van der Waals surface area (Å²) in [7, 11) is 0. The first-order valence-corrected chi connectivity index (χ1v) is 4.72. The Morgan fingerprint density at radius 2 is 2.29 bits per heavy atom. The summed E-state index contributed by atoms with van der Waals surface area (Å²) in [5.41, 5.74) is 7.14. The lowest BCUT2D eigenvalue weighted by atomic mass is 10.3. The Hall–Kier alpha value is -1.65. The number of fused-ring (bicyclic) bond motifs is 1. The van der Waals surface area contributed by atoms with Crippen LogP contribution in [0.2, 0.25) is 0 Å². The van der Waals surface area contributed by atoms with Gasteiger partial charge in [-0.25, -0.2) is 15.0 Å². The summed E-state index contributed by atoms with van der Waals surface area (Å²) >= 11 is 0. The Balaban J connectivity index is 2.16. The lowest BCUT2D eigenvalue weighted by molar-refractivity contribution is 0.866. The summed E-state index contributed by atoms with van der Waals surface area (Å²) in [4.78, 5) is 15.6. The number of rotatable bonds is 1. The highest BCUT2D eigenvalue weighted by atomic mass is 15.1. The van der Waals surface area contributed by atoms with E-state index in [9.17, 15) is 0 Å². The maximum Gasteiger partial charge on any atom is 0.183 e. The third-order valence-electron chi connectivity index (χ3n) is 2.80. The number of nitrogens with one attached hydrogen (secondary N) is 1. The molecule has 3 N–H and O–H groups in total. The van der Waals surface area contributed by atoms with E-state index in [-0.39, 0.29) is 0 Å². The number of imidazole rings is 1. The van der Waals surface area contributed by atoms with E-state index >= 15 is 0 Å². The molecule has 1 fully saturated rings. The molecular formula is C9H11N5. The highest BCUT2D eigenvalue weighted by Crippen LogP contribution is 2.45. The molecule has 1 aliphatic carbocycles. The van der Waals surface area contributed by atoms with Crippen LogP contribution < -0.4 is 5.73 Å². The highest BCUT2D eigenvalue weighted by molar-refractivity contribution is 5.81. The molecule has 1 aliphatic rings. The van der Waals surface area contributed by atoms with Crippen LogP contribution in [0.15, 0.2) is 6.33 Å². The normalized spacial score (nSPS) is 25.5. The molecule has 72 valence electrons. The molecule has 0 saturated heterocycles. The van der Waals surface area contributed by atoms with Crippen LogP contribution in [0.1, 0.15) is 25.1 Å². The number of nitrogen functional groups attached to an aromatic ring is 1. The first kappa shape index (κ1) is 7.73. The van der Waals surface area contributed by atoms with Crippen LogP contribution in [0.4, 0.5) is 5.82 Å². The molecule has 3 rings (SSSR count). The van der Waals surface area contributed by atoms with Crippen molar-refractivity contribution in [3.8, 4) is 0 Å². The molecule has 0 amide bonds. The summed E-state index contributed by atoms with van der Waals surface area (Å²) in [5.74, 6) is 2.76. The Morgan fingerprint density at radius 1 is 1.50 bits per heavy atom. The molecule has 2 aromatic heterocycles. The molecule has 1 saturated carbocycles. The van der Waals surface area contributed by atoms with Gasteiger partial charge in [0.1, 0.15) is 17.7 Å². The molecule has 5 nitrogen and oxygen atoms in total. The molecule has 5 heteroatoms. The van der Waals surface area contributed by atoms with Gasteiger partial charge in [0, 0.05) is 5.92 Å². The van der Waals surface area contributed by atoms with Gasteiger partial charge in [0.25, 0.3) is 0 Å². The van der Waals surface area contributed by atoms with Crippen molar-refractivity contribution in [2.45, 2.75) is 19.3 Å². The van der Waals surface area contributed by atoms with Crippen LogP contribution in [0.3, 0.4) is 0 Å². The Bertz CT molecular complexity index is 489. The first-order chi connectivity index (χ1) is 6.75. The van der Waals surface area contributed by atoms with Crippen molar-refractivity contribution in [2.24, 2.45) is 5.92 Å². The average Bonchev–Trinajstić information content (AvgIpc) is 2.75. The van der Waals surface area contributed by atoms with Crippen molar-refractivity contribution >= 4 is 17.0 Å². The van der Waals surface area contributed by atoms with Crippen LogP contribution in [0.25, 0.3) is 11.2 Å². The second-order valence-corrected chi connectivity index (χ2v) is 3.90. The van der Waals surface area contributed by atoms with Crippen LogP contribution in [-0.2, 0) is 0 Å². The van der Waals surface area contributed by atoms with E-state index < -0.39 is 0 Å². The average molecular weight is 189 g/mol. The zero-order valence-electron chi connectivity index (χ0n) is 7.86. The third-order valence-corrected chi connectivity index (χ3v) is 2.80. The summed E-state index contributed by atoms with van der Waals surface area (Å²) in [6.07, 6.45) is 2.64. The summed E-state index contributed by atoms with van der Waals surface area (Å²) in [6, 6.07) is 0. The number of anilines is 1. The van der Waals surface area contributed by atoms with Gasteiger partial charge < -0.3 is 10.7 Å². The van der Waals surface area contributed by atoms with Crippen LogP contribution in [0, 0.1) is 5.92 Å². The predicted molar refractivity (Wildman–Crippen MR) is 52.6 cm³/mol. The van der Waals surface area contributed by atoms with Gasteiger partial charge in [0.2, 0.25) is 0 Å². The highest BCUT2D eigenvalue weighted by Gasteiger charge is 2.36. The minimum Gasteiger partial charge on any atom is -0.382 e. The molecule has 0 aromatic carbocycles. The lowest BCUT2D eigenvalue weighted by Crippen LogP contribution is -1.91. The number of hydrogen-bond donors (Lipinski definition) is 2. The fourth-order valence-electron chi connectivity index (χ4n) is 1.74. The van der Waals surface area contributed by atoms with Crippen molar-refractivity contribution in [1.29, 1.82) is 0 Å². The van der Waals surface area contributed by atoms with Gasteiger partial charge in [-0.15, -0.1) is 0 Å². The molecule has 2 heterocycles. The predicted octanol–water partition coefficient (Wildman–Crippen LogP) is 1.06. The molecule has 0 aliphatic heterocycles. The summed E-state index contributed by atoms with van der Waals surface area (Å²) in [6.45, 7) is 2.22. The molecule has 0 radical (unpaired) electrons. The number of H-pyrrole nitrogens is 1. The second-order valence-electron chi connectivity index (χ2n) is 3.90. The Labute approximate surface area is 80.8 Å². The number of nitrogens with two attached hydrogens (primary N) is 1. The van der Waals surface area contributed by atoms with Gasteiger partial charge in [-0.2, -0.15) is 0 Å². The standard InChI is InChI=1S/C9H11N5/c1-4-2-5(4)8-13-6-7(10)11-3-12-9(6)14-8/h3-5H,2H2,1H3,(H3,10,11,12,13,14). The Morgan fingerprint density at radius 3 is 2.93 bits per heavy atom. The topological polar surface area (TPSA) is 80.5 Å². The largest absolute Gasteiger partial charge is 0.382 e. The minimum atomic E-state index is 0.474. The maximum atomic E-state index is 5.70. The van der Waals surface area contributed by atoms with E-state index in [1.165, 1.54) is 12.7 Å². The smallest absolute Gasteiger partial charge is 0.183 e. The zero-order valence-corrected chi connectivity index (χ0v) is 7.86. The molecule has 0 bridgehead atoms. The Kier molecular flexibility index (Phi) is 1.34. The fourth-order valence-corrected chi connectivity index (χ4v) is 1.74. The van der Waals surface area contributed by atoms with Crippen LogP contribution >= 0.6 is 0 Å². The molecule has 2 atom stereocenters. The van der Waals surface area contributed by atoms with Crippen molar-refractivity contribution < 1.29 is 0 Å². The fraction of sp³-hybridized carbons (Fsp3) is 0.444. The first-order valence-electron chi connectivity index (χ1n) is 4.72. The van der Waals surface area contributed by atoms with Gasteiger partial charge in [-0.1, -0.05) is 6.92 Å². The lowest BCUT2D eigenvalue weighted by Gasteiger charge is -1.90. The van der Waals surface area contributed by atoms with E-state index in [1.807, 2.05) is 0 Å². The molecule has 0 spiro atoms. The number of aromatic nitrogens is 4. The number of nitrogens with zero attached hydrogens (tertiary/aromatic N) is 3. The SMILES string of the molecule is CC1CC1c1nc2ncnc(N)c2[nH]1. The second kappa shape index (κ2) is 2.43. The minimum absolute atomic E-state index is 0.474. The van der Waals surface area contributed by atoms with Crippen molar-refractivity contribution in [3.05, 3.63) is 12.2 Å². The third kappa shape index (κ3) is 0.982. The summed E-state index contributed by atoms with van der Waals surface area (Å²) in [5, 5.41) is 0. The molecule has 14 heavy (non-hydrogen) atoms. The molecule has 2 aromatic rings. The van der Waals surface area contributed by atoms with Gasteiger partial charge in [0.15, 0.2) is 11.5 Å². The van der Waals surface area contributed by atoms with Crippen molar-refractivity contribution in [2.75, 3.05) is 5.73 Å². The van der Waals surface area contributed by atoms with Crippen LogP contribution in [0.5, 0.6) is 0 Å². The van der Waals surface area contributed by atoms with Crippen molar-refractivity contribution in [1.82, 2.24) is 19.9 Å².